The molecule has 0 amide bonds. The highest BCUT2D eigenvalue weighted by Gasteiger charge is 2.24. The van der Waals surface area contributed by atoms with Gasteiger partial charge in [0.1, 0.15) is 0 Å². The molecule has 0 atom stereocenters. The van der Waals surface area contributed by atoms with Crippen LogP contribution in [0.15, 0.2) is 47.4 Å². The van der Waals surface area contributed by atoms with Crippen LogP contribution in [0.3, 0.4) is 0 Å². The molecule has 0 radical (unpaired) electrons. The Balaban J connectivity index is 2.52. The van der Waals surface area contributed by atoms with Crippen molar-refractivity contribution in [2.75, 3.05) is 11.4 Å². The minimum Gasteiger partial charge on any atom is -0.269 e. The van der Waals surface area contributed by atoms with Gasteiger partial charge in [-0.3, -0.25) is 4.31 Å². The number of hydrogen-bond acceptors (Lipinski definition) is 2. The molecule has 0 aromatic heterocycles. The summed E-state index contributed by atoms with van der Waals surface area (Å²) in [5, 5.41) is 0. The standard InChI is InChI=1S/C16H18ClNO2S/c1-12-8-13(2)10-15(9-12)18(3)21(19,20)16-7-5-4-6-14(16)11-17/h4-10H,11H2,1-3H3. The van der Waals surface area contributed by atoms with Crippen molar-refractivity contribution in [2.45, 2.75) is 24.6 Å². The lowest BCUT2D eigenvalue weighted by Gasteiger charge is -2.21. The van der Waals surface area contributed by atoms with Gasteiger partial charge in [-0.15, -0.1) is 11.6 Å². The van der Waals surface area contributed by atoms with Crippen LogP contribution in [-0.4, -0.2) is 15.5 Å². The average Bonchev–Trinajstić information content (AvgIpc) is 2.45. The first-order valence-corrected chi connectivity index (χ1v) is 8.55. The lowest BCUT2D eigenvalue weighted by atomic mass is 10.1. The first kappa shape index (κ1) is 15.9. The third-order valence-corrected chi connectivity index (χ3v) is 5.50. The van der Waals surface area contributed by atoms with Crippen molar-refractivity contribution in [3.05, 3.63) is 59.2 Å². The number of alkyl halides is 1. The second-order valence-corrected chi connectivity index (χ2v) is 7.26. The van der Waals surface area contributed by atoms with Gasteiger partial charge in [-0.1, -0.05) is 24.3 Å². The SMILES string of the molecule is Cc1cc(C)cc(N(C)S(=O)(=O)c2ccccc2CCl)c1. The molecule has 0 aliphatic rings. The van der Waals surface area contributed by atoms with Gasteiger partial charge in [0.2, 0.25) is 0 Å². The van der Waals surface area contributed by atoms with Gasteiger partial charge in [-0.05, 0) is 48.7 Å². The summed E-state index contributed by atoms with van der Waals surface area (Å²) in [6.45, 7) is 3.90. The van der Waals surface area contributed by atoms with E-state index in [9.17, 15) is 8.42 Å². The van der Waals surface area contributed by atoms with Crippen molar-refractivity contribution < 1.29 is 8.42 Å². The van der Waals surface area contributed by atoms with Crippen molar-refractivity contribution in [3.63, 3.8) is 0 Å². The molecule has 0 aliphatic heterocycles. The Bertz CT molecular complexity index is 736. The molecule has 0 saturated heterocycles. The maximum atomic E-state index is 12.8. The zero-order valence-electron chi connectivity index (χ0n) is 12.3. The lowest BCUT2D eigenvalue weighted by Crippen LogP contribution is -2.27. The summed E-state index contributed by atoms with van der Waals surface area (Å²) in [6, 6.07) is 12.5. The summed E-state index contributed by atoms with van der Waals surface area (Å²) in [6.07, 6.45) is 0. The molecule has 5 heteroatoms. The molecular formula is C16H18ClNO2S. The second kappa shape index (κ2) is 6.08. The van der Waals surface area contributed by atoms with E-state index in [4.69, 9.17) is 11.6 Å². The van der Waals surface area contributed by atoms with Crippen molar-refractivity contribution >= 4 is 27.3 Å². The second-order valence-electron chi connectivity index (χ2n) is 5.06. The normalized spacial score (nSPS) is 11.4. The number of anilines is 1. The van der Waals surface area contributed by atoms with Crippen LogP contribution in [0, 0.1) is 13.8 Å². The smallest absolute Gasteiger partial charge is 0.264 e. The summed E-state index contributed by atoms with van der Waals surface area (Å²) >= 11 is 5.86. The number of benzene rings is 2. The van der Waals surface area contributed by atoms with Crippen molar-refractivity contribution in [1.82, 2.24) is 0 Å². The van der Waals surface area contributed by atoms with Gasteiger partial charge >= 0.3 is 0 Å². The molecule has 3 nitrogen and oxygen atoms in total. The number of halogens is 1. The Hall–Kier alpha value is -1.52. The van der Waals surface area contributed by atoms with E-state index in [1.807, 2.05) is 32.0 Å². The number of aryl methyl sites for hydroxylation is 2. The Kier molecular flexibility index (Phi) is 4.59. The van der Waals surface area contributed by atoms with Gasteiger partial charge < -0.3 is 0 Å². The monoisotopic (exact) mass is 323 g/mol. The first-order chi connectivity index (χ1) is 9.86. The predicted octanol–water partition coefficient (Wildman–Crippen LogP) is 3.87. The third-order valence-electron chi connectivity index (χ3n) is 3.33. The van der Waals surface area contributed by atoms with Gasteiger partial charge in [-0.25, -0.2) is 8.42 Å². The fourth-order valence-electron chi connectivity index (χ4n) is 2.28. The molecule has 0 saturated carbocycles. The largest absolute Gasteiger partial charge is 0.269 e. The van der Waals surface area contributed by atoms with E-state index in [-0.39, 0.29) is 10.8 Å². The first-order valence-electron chi connectivity index (χ1n) is 6.57. The minimum atomic E-state index is -3.62. The Morgan fingerprint density at radius 1 is 1.05 bits per heavy atom. The molecule has 21 heavy (non-hydrogen) atoms. The van der Waals surface area contributed by atoms with Crippen molar-refractivity contribution in [2.24, 2.45) is 0 Å². The van der Waals surface area contributed by atoms with Gasteiger partial charge in [0.25, 0.3) is 10.0 Å². The Labute approximate surface area is 131 Å². The van der Waals surface area contributed by atoms with E-state index in [0.717, 1.165) is 11.1 Å². The fraction of sp³-hybridized carbons (Fsp3) is 0.250. The topological polar surface area (TPSA) is 37.4 Å². The fourth-order valence-corrected chi connectivity index (χ4v) is 4.00. The van der Waals surface area contributed by atoms with Crippen LogP contribution >= 0.6 is 11.6 Å². The van der Waals surface area contributed by atoms with Gasteiger partial charge in [0.15, 0.2) is 0 Å². The molecule has 0 unspecified atom stereocenters. The van der Waals surface area contributed by atoms with E-state index in [1.165, 1.54) is 4.31 Å². The van der Waals surface area contributed by atoms with Crippen LogP contribution in [0.5, 0.6) is 0 Å². The van der Waals surface area contributed by atoms with Crippen molar-refractivity contribution in [1.29, 1.82) is 0 Å². The van der Waals surface area contributed by atoms with Gasteiger partial charge in [-0.2, -0.15) is 0 Å². The quantitative estimate of drug-likeness (QED) is 0.801. The van der Waals surface area contributed by atoms with Crippen LogP contribution in [0.4, 0.5) is 5.69 Å². The van der Waals surface area contributed by atoms with Gasteiger partial charge in [0.05, 0.1) is 10.6 Å². The van der Waals surface area contributed by atoms with Crippen LogP contribution in [0.25, 0.3) is 0 Å². The highest BCUT2D eigenvalue weighted by molar-refractivity contribution is 7.92. The van der Waals surface area contributed by atoms with Crippen LogP contribution in [-0.2, 0) is 15.9 Å². The summed E-state index contributed by atoms with van der Waals surface area (Å²) in [5.74, 6) is 0.163. The molecule has 112 valence electrons. The zero-order chi connectivity index (χ0) is 15.6. The number of nitrogens with zero attached hydrogens (tertiary/aromatic N) is 1. The molecule has 0 aliphatic carbocycles. The molecule has 0 spiro atoms. The molecule has 0 bridgehead atoms. The number of sulfonamides is 1. The molecule has 2 rings (SSSR count). The summed E-state index contributed by atoms with van der Waals surface area (Å²) in [4.78, 5) is 0.252. The summed E-state index contributed by atoms with van der Waals surface area (Å²) in [7, 11) is -2.06. The maximum absolute atomic E-state index is 12.8. The molecular weight excluding hydrogens is 306 g/mol. The molecule has 0 fully saturated rings. The van der Waals surface area contributed by atoms with E-state index in [1.54, 1.807) is 31.3 Å². The van der Waals surface area contributed by atoms with Crippen molar-refractivity contribution in [3.8, 4) is 0 Å². The highest BCUT2D eigenvalue weighted by Crippen LogP contribution is 2.26. The number of hydrogen-bond donors (Lipinski definition) is 0. The van der Waals surface area contributed by atoms with E-state index in [0.29, 0.717) is 11.3 Å². The van der Waals surface area contributed by atoms with E-state index >= 15 is 0 Å². The maximum Gasteiger partial charge on any atom is 0.264 e. The summed E-state index contributed by atoms with van der Waals surface area (Å²) < 4.78 is 26.9. The molecule has 2 aromatic rings. The molecule has 0 heterocycles. The molecule has 2 aromatic carbocycles. The molecule has 0 N–H and O–H groups in total. The minimum absolute atomic E-state index is 0.163. The average molecular weight is 324 g/mol. The highest BCUT2D eigenvalue weighted by atomic mass is 35.5. The Morgan fingerprint density at radius 3 is 2.19 bits per heavy atom. The van der Waals surface area contributed by atoms with Crippen LogP contribution in [0.2, 0.25) is 0 Å². The number of rotatable bonds is 4. The summed E-state index contributed by atoms with van der Waals surface area (Å²) in [5.41, 5.74) is 3.31. The van der Waals surface area contributed by atoms with Gasteiger partial charge in [0, 0.05) is 12.9 Å². The predicted molar refractivity (Wildman–Crippen MR) is 87.5 cm³/mol. The third kappa shape index (κ3) is 3.22. The van der Waals surface area contributed by atoms with Crippen LogP contribution in [0.1, 0.15) is 16.7 Å². The zero-order valence-corrected chi connectivity index (χ0v) is 13.9. The van der Waals surface area contributed by atoms with Crippen LogP contribution < -0.4 is 4.31 Å². The lowest BCUT2D eigenvalue weighted by molar-refractivity contribution is 0.593. The van der Waals surface area contributed by atoms with E-state index < -0.39 is 10.0 Å². The Morgan fingerprint density at radius 2 is 1.62 bits per heavy atom. The van der Waals surface area contributed by atoms with E-state index in [2.05, 4.69) is 0 Å².